The topological polar surface area (TPSA) is 84.5 Å². The van der Waals surface area contributed by atoms with Crippen LogP contribution in [0.1, 0.15) is 43.5 Å². The highest BCUT2D eigenvalue weighted by Gasteiger charge is 2.17. The number of thioether (sulfide) groups is 1. The van der Waals surface area contributed by atoms with Crippen LogP contribution in [0.15, 0.2) is 23.1 Å². The molecule has 0 radical (unpaired) electrons. The Morgan fingerprint density at radius 3 is 2.79 bits per heavy atom. The lowest BCUT2D eigenvalue weighted by Gasteiger charge is -2.14. The standard InChI is InChI=1S/C17H22N2O4S/c1-3-12(4-2)18-16(21)10-23-17(22)11-5-6-14-13(9-11)19-15(20)7-8-24-14/h5-6,9,12H,3-4,7-8,10H2,1-2H3,(H,18,21)(H,19,20). The van der Waals surface area contributed by atoms with Gasteiger partial charge in [-0.25, -0.2) is 4.79 Å². The van der Waals surface area contributed by atoms with Crippen molar-refractivity contribution in [3.8, 4) is 0 Å². The highest BCUT2D eigenvalue weighted by Crippen LogP contribution is 2.31. The zero-order chi connectivity index (χ0) is 17.5. The molecule has 0 unspecified atom stereocenters. The van der Waals surface area contributed by atoms with Gasteiger partial charge in [0.15, 0.2) is 6.61 Å². The molecule has 1 aliphatic heterocycles. The summed E-state index contributed by atoms with van der Waals surface area (Å²) < 4.78 is 5.06. The molecule has 24 heavy (non-hydrogen) atoms. The van der Waals surface area contributed by atoms with Crippen molar-refractivity contribution in [2.45, 2.75) is 44.0 Å². The second kappa shape index (κ2) is 8.73. The molecule has 0 aromatic heterocycles. The summed E-state index contributed by atoms with van der Waals surface area (Å²) in [5.41, 5.74) is 0.922. The van der Waals surface area contributed by atoms with Gasteiger partial charge in [0.2, 0.25) is 5.91 Å². The lowest BCUT2D eigenvalue weighted by molar-refractivity contribution is -0.125. The third-order valence-corrected chi connectivity index (χ3v) is 4.84. The Balaban J connectivity index is 1.95. The van der Waals surface area contributed by atoms with Crippen LogP contribution in [-0.2, 0) is 14.3 Å². The fourth-order valence-corrected chi connectivity index (χ4v) is 3.26. The molecule has 6 nitrogen and oxygen atoms in total. The van der Waals surface area contributed by atoms with E-state index in [-0.39, 0.29) is 24.5 Å². The van der Waals surface area contributed by atoms with E-state index in [4.69, 9.17) is 4.74 Å². The monoisotopic (exact) mass is 350 g/mol. The van der Waals surface area contributed by atoms with E-state index >= 15 is 0 Å². The number of hydrogen-bond acceptors (Lipinski definition) is 5. The number of amides is 2. The first-order valence-electron chi connectivity index (χ1n) is 8.06. The SMILES string of the molecule is CCC(CC)NC(=O)COC(=O)c1ccc2c(c1)NC(=O)CCS2. The van der Waals surface area contributed by atoms with Crippen LogP contribution in [-0.4, -0.2) is 36.2 Å². The predicted molar refractivity (Wildman–Crippen MR) is 93.2 cm³/mol. The van der Waals surface area contributed by atoms with Gasteiger partial charge in [0.25, 0.3) is 5.91 Å². The zero-order valence-electron chi connectivity index (χ0n) is 13.9. The molecule has 0 spiro atoms. The van der Waals surface area contributed by atoms with Crippen LogP contribution in [0.25, 0.3) is 0 Å². The van der Waals surface area contributed by atoms with Crippen LogP contribution >= 0.6 is 11.8 Å². The summed E-state index contributed by atoms with van der Waals surface area (Å²) in [6.45, 7) is 3.67. The number of rotatable bonds is 6. The van der Waals surface area contributed by atoms with Gasteiger partial charge in [-0.15, -0.1) is 11.8 Å². The van der Waals surface area contributed by atoms with Crippen molar-refractivity contribution < 1.29 is 19.1 Å². The van der Waals surface area contributed by atoms with Crippen LogP contribution in [0, 0.1) is 0 Å². The smallest absolute Gasteiger partial charge is 0.338 e. The van der Waals surface area contributed by atoms with E-state index in [0.717, 1.165) is 17.7 Å². The molecule has 1 aromatic rings. The number of benzene rings is 1. The summed E-state index contributed by atoms with van der Waals surface area (Å²) in [6, 6.07) is 5.11. The average molecular weight is 350 g/mol. The summed E-state index contributed by atoms with van der Waals surface area (Å²) >= 11 is 1.56. The molecule has 0 aliphatic carbocycles. The number of hydrogen-bond donors (Lipinski definition) is 2. The molecule has 2 amide bonds. The van der Waals surface area contributed by atoms with Gasteiger partial charge >= 0.3 is 5.97 Å². The van der Waals surface area contributed by atoms with Crippen molar-refractivity contribution in [2.24, 2.45) is 0 Å². The molecular weight excluding hydrogens is 328 g/mol. The first kappa shape index (κ1) is 18.3. The normalized spacial score (nSPS) is 13.7. The van der Waals surface area contributed by atoms with E-state index in [0.29, 0.717) is 23.4 Å². The number of nitrogens with one attached hydrogen (secondary N) is 2. The van der Waals surface area contributed by atoms with E-state index < -0.39 is 5.97 Å². The van der Waals surface area contributed by atoms with E-state index in [1.807, 2.05) is 13.8 Å². The Morgan fingerprint density at radius 2 is 2.08 bits per heavy atom. The minimum atomic E-state index is -0.582. The molecule has 0 saturated heterocycles. The molecule has 130 valence electrons. The summed E-state index contributed by atoms with van der Waals surface area (Å²) in [4.78, 5) is 36.4. The largest absolute Gasteiger partial charge is 0.452 e. The molecule has 1 aromatic carbocycles. The van der Waals surface area contributed by atoms with Crippen LogP contribution in [0.5, 0.6) is 0 Å². The fourth-order valence-electron chi connectivity index (χ4n) is 2.32. The quantitative estimate of drug-likeness (QED) is 0.770. The zero-order valence-corrected chi connectivity index (χ0v) is 14.7. The molecule has 2 rings (SSSR count). The Morgan fingerprint density at radius 1 is 1.33 bits per heavy atom. The minimum absolute atomic E-state index is 0.0729. The first-order chi connectivity index (χ1) is 11.5. The summed E-state index contributed by atoms with van der Waals surface area (Å²) in [6.07, 6.45) is 2.10. The lowest BCUT2D eigenvalue weighted by atomic mass is 10.2. The maximum Gasteiger partial charge on any atom is 0.338 e. The molecule has 1 aliphatic rings. The van der Waals surface area contributed by atoms with E-state index in [1.165, 1.54) is 0 Å². The van der Waals surface area contributed by atoms with E-state index in [9.17, 15) is 14.4 Å². The van der Waals surface area contributed by atoms with Crippen molar-refractivity contribution in [1.82, 2.24) is 5.32 Å². The van der Waals surface area contributed by atoms with Gasteiger partial charge in [0.1, 0.15) is 0 Å². The highest BCUT2D eigenvalue weighted by atomic mass is 32.2. The molecule has 0 saturated carbocycles. The Bertz CT molecular complexity index is 629. The Kier molecular flexibility index (Phi) is 6.66. The van der Waals surface area contributed by atoms with Crippen LogP contribution < -0.4 is 10.6 Å². The number of carbonyl (C=O) groups excluding carboxylic acids is 3. The number of fused-ring (bicyclic) bond motifs is 1. The molecule has 2 N–H and O–H groups in total. The Hall–Kier alpha value is -2.02. The van der Waals surface area contributed by atoms with E-state index in [1.54, 1.807) is 30.0 Å². The number of anilines is 1. The third kappa shape index (κ3) is 4.99. The van der Waals surface area contributed by atoms with Gasteiger partial charge in [-0.1, -0.05) is 13.8 Å². The number of ether oxygens (including phenoxy) is 1. The summed E-state index contributed by atoms with van der Waals surface area (Å²) in [7, 11) is 0. The summed E-state index contributed by atoms with van der Waals surface area (Å²) in [5.74, 6) is -0.258. The fraction of sp³-hybridized carbons (Fsp3) is 0.471. The van der Waals surface area contributed by atoms with Gasteiger partial charge in [0.05, 0.1) is 11.3 Å². The van der Waals surface area contributed by atoms with Gasteiger partial charge in [-0.2, -0.15) is 0 Å². The van der Waals surface area contributed by atoms with Crippen molar-refractivity contribution >= 4 is 35.2 Å². The van der Waals surface area contributed by atoms with Crippen LogP contribution in [0.4, 0.5) is 5.69 Å². The molecule has 7 heteroatoms. The third-order valence-electron chi connectivity index (χ3n) is 3.76. The molecule has 0 bridgehead atoms. The van der Waals surface area contributed by atoms with Crippen molar-refractivity contribution in [1.29, 1.82) is 0 Å². The lowest BCUT2D eigenvalue weighted by Crippen LogP contribution is -2.36. The molecule has 1 heterocycles. The minimum Gasteiger partial charge on any atom is -0.452 e. The molecule has 0 fully saturated rings. The van der Waals surface area contributed by atoms with Gasteiger partial charge in [-0.05, 0) is 31.0 Å². The van der Waals surface area contributed by atoms with Gasteiger partial charge in [-0.3, -0.25) is 9.59 Å². The van der Waals surface area contributed by atoms with Crippen molar-refractivity contribution in [2.75, 3.05) is 17.7 Å². The highest BCUT2D eigenvalue weighted by molar-refractivity contribution is 7.99. The van der Waals surface area contributed by atoms with Gasteiger partial charge in [0, 0.05) is 23.1 Å². The van der Waals surface area contributed by atoms with Gasteiger partial charge < -0.3 is 15.4 Å². The number of carbonyl (C=O) groups is 3. The molecular formula is C17H22N2O4S. The maximum atomic E-state index is 12.1. The molecule has 0 atom stereocenters. The maximum absolute atomic E-state index is 12.1. The Labute approximate surface area is 145 Å². The average Bonchev–Trinajstić information content (AvgIpc) is 2.77. The number of esters is 1. The van der Waals surface area contributed by atoms with Crippen LogP contribution in [0.2, 0.25) is 0 Å². The van der Waals surface area contributed by atoms with Crippen LogP contribution in [0.3, 0.4) is 0 Å². The second-order valence-corrected chi connectivity index (χ2v) is 6.65. The van der Waals surface area contributed by atoms with Crippen molar-refractivity contribution in [3.05, 3.63) is 23.8 Å². The predicted octanol–water partition coefficient (Wildman–Crippen LogP) is 2.58. The van der Waals surface area contributed by atoms with Crippen molar-refractivity contribution in [3.63, 3.8) is 0 Å². The second-order valence-electron chi connectivity index (χ2n) is 5.51. The van der Waals surface area contributed by atoms with E-state index in [2.05, 4.69) is 10.6 Å². The first-order valence-corrected chi connectivity index (χ1v) is 9.05. The summed E-state index contributed by atoms with van der Waals surface area (Å²) in [5, 5.41) is 5.59.